The minimum absolute atomic E-state index is 0.118. The number of hydrogen-bond donors (Lipinski definition) is 1. The van der Waals surface area contributed by atoms with E-state index in [-0.39, 0.29) is 29.1 Å². The summed E-state index contributed by atoms with van der Waals surface area (Å²) in [5, 5.41) is 7.10. The SMILES string of the molecule is O=C(NCC(c1ccc(F)cc1)N1CCOCC1)c1ccn(-c2ccccc2F)n1. The molecule has 2 heterocycles. The van der Waals surface area contributed by atoms with E-state index in [9.17, 15) is 13.6 Å². The van der Waals surface area contributed by atoms with Gasteiger partial charge in [-0.15, -0.1) is 0 Å². The van der Waals surface area contributed by atoms with E-state index in [4.69, 9.17) is 4.74 Å². The van der Waals surface area contributed by atoms with Crippen molar-refractivity contribution in [3.63, 3.8) is 0 Å². The highest BCUT2D eigenvalue weighted by molar-refractivity contribution is 5.92. The van der Waals surface area contributed by atoms with Gasteiger partial charge >= 0.3 is 0 Å². The normalized spacial score (nSPS) is 15.7. The number of nitrogens with one attached hydrogen (secondary N) is 1. The number of halogens is 2. The molecule has 1 saturated heterocycles. The average Bonchev–Trinajstić information content (AvgIpc) is 3.26. The third kappa shape index (κ3) is 4.55. The predicted molar refractivity (Wildman–Crippen MR) is 107 cm³/mol. The molecule has 6 nitrogen and oxygen atoms in total. The molecule has 0 radical (unpaired) electrons. The van der Waals surface area contributed by atoms with E-state index in [0.29, 0.717) is 19.8 Å². The van der Waals surface area contributed by atoms with E-state index < -0.39 is 5.82 Å². The van der Waals surface area contributed by atoms with Crippen LogP contribution >= 0.6 is 0 Å². The number of carbonyl (C=O) groups excluding carboxylic acids is 1. The molecule has 1 fully saturated rings. The first kappa shape index (κ1) is 20.2. The maximum Gasteiger partial charge on any atom is 0.271 e. The van der Waals surface area contributed by atoms with Gasteiger partial charge in [-0.25, -0.2) is 13.5 Å². The van der Waals surface area contributed by atoms with Crippen LogP contribution < -0.4 is 5.32 Å². The molecule has 1 aliphatic heterocycles. The van der Waals surface area contributed by atoms with Gasteiger partial charge < -0.3 is 10.1 Å². The van der Waals surface area contributed by atoms with Crippen molar-refractivity contribution in [3.8, 4) is 5.69 Å². The van der Waals surface area contributed by atoms with Gasteiger partial charge in [0, 0.05) is 25.8 Å². The maximum absolute atomic E-state index is 14.0. The zero-order valence-corrected chi connectivity index (χ0v) is 16.3. The zero-order valence-electron chi connectivity index (χ0n) is 16.3. The highest BCUT2D eigenvalue weighted by Gasteiger charge is 2.24. The fraction of sp³-hybridized carbons (Fsp3) is 0.273. The smallest absolute Gasteiger partial charge is 0.271 e. The van der Waals surface area contributed by atoms with E-state index in [1.165, 1.54) is 22.9 Å². The molecule has 3 aromatic rings. The second kappa shape index (κ2) is 9.15. The number of para-hydroxylation sites is 1. The Balaban J connectivity index is 1.47. The maximum atomic E-state index is 14.0. The molecule has 1 amide bonds. The van der Waals surface area contributed by atoms with Gasteiger partial charge in [0.1, 0.15) is 17.3 Å². The van der Waals surface area contributed by atoms with Gasteiger partial charge in [-0.2, -0.15) is 5.10 Å². The Morgan fingerprint density at radius 3 is 2.53 bits per heavy atom. The number of nitrogens with zero attached hydrogens (tertiary/aromatic N) is 3. The number of amides is 1. The van der Waals surface area contributed by atoms with Crippen LogP contribution in [0, 0.1) is 11.6 Å². The molecule has 1 atom stereocenters. The van der Waals surface area contributed by atoms with Crippen LogP contribution in [0.25, 0.3) is 5.69 Å². The lowest BCUT2D eigenvalue weighted by atomic mass is 10.0. The van der Waals surface area contributed by atoms with Crippen molar-refractivity contribution in [1.29, 1.82) is 0 Å². The molecule has 0 bridgehead atoms. The van der Waals surface area contributed by atoms with Crippen LogP contribution in [-0.4, -0.2) is 53.4 Å². The van der Waals surface area contributed by atoms with Gasteiger partial charge in [0.05, 0.1) is 19.3 Å². The van der Waals surface area contributed by atoms with E-state index in [0.717, 1.165) is 18.7 Å². The Labute approximate surface area is 173 Å². The average molecular weight is 412 g/mol. The Morgan fingerprint density at radius 1 is 1.07 bits per heavy atom. The summed E-state index contributed by atoms with van der Waals surface area (Å²) in [7, 11) is 0. The molecule has 1 aromatic heterocycles. The lowest BCUT2D eigenvalue weighted by Gasteiger charge is -2.34. The molecular formula is C22H22F2N4O2. The number of benzene rings is 2. The van der Waals surface area contributed by atoms with Crippen molar-refractivity contribution in [2.24, 2.45) is 0 Å². The minimum Gasteiger partial charge on any atom is -0.379 e. The second-order valence-electron chi connectivity index (χ2n) is 7.02. The lowest BCUT2D eigenvalue weighted by Crippen LogP contribution is -2.43. The molecule has 30 heavy (non-hydrogen) atoms. The van der Waals surface area contributed by atoms with Crippen molar-refractivity contribution in [3.05, 3.63) is 83.7 Å². The van der Waals surface area contributed by atoms with Gasteiger partial charge in [0.15, 0.2) is 5.69 Å². The predicted octanol–water partition coefficient (Wildman–Crippen LogP) is 2.95. The number of hydrogen-bond acceptors (Lipinski definition) is 4. The first-order chi connectivity index (χ1) is 14.6. The van der Waals surface area contributed by atoms with E-state index >= 15 is 0 Å². The Morgan fingerprint density at radius 2 is 1.80 bits per heavy atom. The van der Waals surface area contributed by atoms with E-state index in [2.05, 4.69) is 15.3 Å². The van der Waals surface area contributed by atoms with Crippen LogP contribution in [0.15, 0.2) is 60.8 Å². The third-order valence-corrected chi connectivity index (χ3v) is 5.12. The molecule has 1 unspecified atom stereocenters. The summed E-state index contributed by atoms with van der Waals surface area (Å²) in [6.45, 7) is 2.99. The summed E-state index contributed by atoms with van der Waals surface area (Å²) in [5.41, 5.74) is 1.38. The Hall–Kier alpha value is -3.10. The Kier molecular flexibility index (Phi) is 6.15. The lowest BCUT2D eigenvalue weighted by molar-refractivity contribution is 0.0162. The quantitative estimate of drug-likeness (QED) is 0.676. The number of ether oxygens (including phenoxy) is 1. The molecule has 0 aliphatic carbocycles. The topological polar surface area (TPSA) is 59.4 Å². The van der Waals surface area contributed by atoms with Crippen molar-refractivity contribution in [2.45, 2.75) is 6.04 Å². The van der Waals surface area contributed by atoms with Gasteiger partial charge in [0.25, 0.3) is 5.91 Å². The van der Waals surface area contributed by atoms with Crippen LogP contribution in [0.1, 0.15) is 22.1 Å². The highest BCUT2D eigenvalue weighted by atomic mass is 19.1. The molecular weight excluding hydrogens is 390 g/mol. The van der Waals surface area contributed by atoms with Crippen molar-refractivity contribution < 1.29 is 18.3 Å². The number of aromatic nitrogens is 2. The fourth-order valence-corrected chi connectivity index (χ4v) is 3.53. The number of rotatable bonds is 6. The molecule has 0 spiro atoms. The molecule has 8 heteroatoms. The van der Waals surface area contributed by atoms with Crippen molar-refractivity contribution >= 4 is 5.91 Å². The summed E-state index contributed by atoms with van der Waals surface area (Å²) < 4.78 is 34.1. The molecule has 156 valence electrons. The monoisotopic (exact) mass is 412 g/mol. The van der Waals surface area contributed by atoms with E-state index in [1.54, 1.807) is 42.6 Å². The van der Waals surface area contributed by atoms with Crippen molar-refractivity contribution in [2.75, 3.05) is 32.8 Å². The summed E-state index contributed by atoms with van der Waals surface area (Å²) in [5.74, 6) is -1.08. The number of morpholine rings is 1. The zero-order chi connectivity index (χ0) is 20.9. The van der Waals surface area contributed by atoms with Gasteiger partial charge in [-0.3, -0.25) is 9.69 Å². The largest absolute Gasteiger partial charge is 0.379 e. The van der Waals surface area contributed by atoms with Gasteiger partial charge in [-0.1, -0.05) is 24.3 Å². The van der Waals surface area contributed by atoms with Crippen LogP contribution in [0.2, 0.25) is 0 Å². The van der Waals surface area contributed by atoms with Crippen LogP contribution in [0.5, 0.6) is 0 Å². The molecule has 1 N–H and O–H groups in total. The second-order valence-corrected chi connectivity index (χ2v) is 7.02. The molecule has 4 rings (SSSR count). The van der Waals surface area contributed by atoms with E-state index in [1.807, 2.05) is 0 Å². The van der Waals surface area contributed by atoms with Crippen molar-refractivity contribution in [1.82, 2.24) is 20.0 Å². The summed E-state index contributed by atoms with van der Waals surface area (Å²) in [6.07, 6.45) is 1.55. The Bertz CT molecular complexity index is 1000. The number of carbonyl (C=O) groups is 1. The van der Waals surface area contributed by atoms with Gasteiger partial charge in [0.2, 0.25) is 0 Å². The van der Waals surface area contributed by atoms with Gasteiger partial charge in [-0.05, 0) is 35.9 Å². The van der Waals surface area contributed by atoms with Crippen LogP contribution in [0.3, 0.4) is 0 Å². The summed E-state index contributed by atoms with van der Waals surface area (Å²) >= 11 is 0. The fourth-order valence-electron chi connectivity index (χ4n) is 3.53. The first-order valence-electron chi connectivity index (χ1n) is 9.78. The van der Waals surface area contributed by atoms with Crippen LogP contribution in [-0.2, 0) is 4.74 Å². The molecule has 1 aliphatic rings. The third-order valence-electron chi connectivity index (χ3n) is 5.12. The summed E-state index contributed by atoms with van der Waals surface area (Å²) in [6, 6.07) is 14.0. The molecule has 2 aromatic carbocycles. The minimum atomic E-state index is -0.420. The first-order valence-corrected chi connectivity index (χ1v) is 9.78. The van der Waals surface area contributed by atoms with Crippen LogP contribution in [0.4, 0.5) is 8.78 Å². The molecule has 0 saturated carbocycles. The summed E-state index contributed by atoms with van der Waals surface area (Å²) in [4.78, 5) is 14.9. The standard InChI is InChI=1S/C22H22F2N4O2/c23-17-7-5-16(6-8-17)21(27-11-13-30-14-12-27)15-25-22(29)19-9-10-28(26-19)20-4-2-1-3-18(20)24/h1-10,21H,11-15H2,(H,25,29). The highest BCUT2D eigenvalue weighted by Crippen LogP contribution is 2.22.